The third-order valence-corrected chi connectivity index (χ3v) is 3.38. The summed E-state index contributed by atoms with van der Waals surface area (Å²) in [5.41, 5.74) is 4.06. The highest BCUT2D eigenvalue weighted by molar-refractivity contribution is 5.69. The molecule has 0 saturated heterocycles. The number of benzene rings is 1. The fourth-order valence-electron chi connectivity index (χ4n) is 2.03. The zero-order valence-electron chi connectivity index (χ0n) is 12.7. The van der Waals surface area contributed by atoms with E-state index in [1.807, 2.05) is 11.9 Å². The molecule has 1 N–H and O–H groups in total. The molecule has 0 amide bonds. The van der Waals surface area contributed by atoms with Gasteiger partial charge in [0.05, 0.1) is 6.54 Å². The van der Waals surface area contributed by atoms with Crippen LogP contribution in [0.2, 0.25) is 0 Å². The molecule has 3 nitrogen and oxygen atoms in total. The van der Waals surface area contributed by atoms with Crippen molar-refractivity contribution in [3.63, 3.8) is 0 Å². The molecule has 1 aromatic carbocycles. The van der Waals surface area contributed by atoms with Crippen molar-refractivity contribution < 1.29 is 9.90 Å². The molecule has 0 radical (unpaired) electrons. The molecule has 0 aliphatic heterocycles. The Bertz CT molecular complexity index is 447. The first-order valence-electron chi connectivity index (χ1n) is 6.70. The number of aliphatic carboxylic acids is 1. The Balaban J connectivity index is 2.75. The number of hydrogen-bond acceptors (Lipinski definition) is 2. The van der Waals surface area contributed by atoms with E-state index >= 15 is 0 Å². The van der Waals surface area contributed by atoms with Crippen LogP contribution in [0.1, 0.15) is 37.5 Å². The highest BCUT2D eigenvalue weighted by Crippen LogP contribution is 2.24. The first-order chi connectivity index (χ1) is 8.70. The maximum Gasteiger partial charge on any atom is 0.317 e. The lowest BCUT2D eigenvalue weighted by Crippen LogP contribution is -2.27. The number of carboxylic acid groups (broad SMARTS) is 1. The molecule has 0 unspecified atom stereocenters. The Morgan fingerprint density at radius 1 is 1.32 bits per heavy atom. The highest BCUT2D eigenvalue weighted by Gasteiger charge is 2.15. The second-order valence-electron chi connectivity index (χ2n) is 6.27. The van der Waals surface area contributed by atoms with Gasteiger partial charge in [0, 0.05) is 6.54 Å². The lowest BCUT2D eigenvalue weighted by Gasteiger charge is -2.21. The summed E-state index contributed by atoms with van der Waals surface area (Å²) < 4.78 is 0. The zero-order chi connectivity index (χ0) is 14.6. The van der Waals surface area contributed by atoms with E-state index in [1.165, 1.54) is 16.7 Å². The first kappa shape index (κ1) is 15.7. The van der Waals surface area contributed by atoms with Gasteiger partial charge in [-0.25, -0.2) is 0 Å². The Kier molecular flexibility index (Phi) is 5.12. The van der Waals surface area contributed by atoms with Gasteiger partial charge in [0.1, 0.15) is 0 Å². The van der Waals surface area contributed by atoms with Crippen molar-refractivity contribution in [3.05, 3.63) is 34.9 Å². The van der Waals surface area contributed by atoms with Gasteiger partial charge < -0.3 is 5.11 Å². The predicted molar refractivity (Wildman–Crippen MR) is 78.7 cm³/mol. The summed E-state index contributed by atoms with van der Waals surface area (Å²) in [4.78, 5) is 12.5. The molecule has 19 heavy (non-hydrogen) atoms. The number of likely N-dealkylation sites (N-methyl/N-ethyl adjacent to an activating group) is 1. The summed E-state index contributed by atoms with van der Waals surface area (Å²) in [5, 5.41) is 8.74. The summed E-state index contributed by atoms with van der Waals surface area (Å²) in [5.74, 6) is -0.775. The molecular formula is C16H25NO2. The van der Waals surface area contributed by atoms with Crippen molar-refractivity contribution in [2.75, 3.05) is 20.1 Å². The summed E-state index contributed by atoms with van der Waals surface area (Å²) in [6.07, 6.45) is 0.888. The second-order valence-corrected chi connectivity index (χ2v) is 6.27. The van der Waals surface area contributed by atoms with Gasteiger partial charge in [-0.1, -0.05) is 39.0 Å². The van der Waals surface area contributed by atoms with E-state index < -0.39 is 5.97 Å². The number of rotatable bonds is 5. The van der Waals surface area contributed by atoms with Crippen molar-refractivity contribution in [3.8, 4) is 0 Å². The molecule has 0 bridgehead atoms. The lowest BCUT2D eigenvalue weighted by atomic mass is 9.85. The van der Waals surface area contributed by atoms with Gasteiger partial charge in [0.15, 0.2) is 0 Å². The predicted octanol–water partition coefficient (Wildman–Crippen LogP) is 2.85. The topological polar surface area (TPSA) is 40.5 Å². The fourth-order valence-corrected chi connectivity index (χ4v) is 2.03. The molecule has 0 spiro atoms. The Hall–Kier alpha value is -1.35. The van der Waals surface area contributed by atoms with Crippen LogP contribution >= 0.6 is 0 Å². The maximum atomic E-state index is 10.6. The van der Waals surface area contributed by atoms with E-state index in [4.69, 9.17) is 5.11 Å². The molecule has 0 saturated carbocycles. The van der Waals surface area contributed by atoms with Gasteiger partial charge in [0.2, 0.25) is 0 Å². The first-order valence-corrected chi connectivity index (χ1v) is 6.70. The van der Waals surface area contributed by atoms with E-state index in [0.717, 1.165) is 13.0 Å². The molecule has 106 valence electrons. The van der Waals surface area contributed by atoms with Crippen molar-refractivity contribution in [2.24, 2.45) is 0 Å². The summed E-state index contributed by atoms with van der Waals surface area (Å²) >= 11 is 0. The highest BCUT2D eigenvalue weighted by atomic mass is 16.4. The Labute approximate surface area is 116 Å². The summed E-state index contributed by atoms with van der Waals surface area (Å²) in [6, 6.07) is 6.59. The number of hydrogen-bond donors (Lipinski definition) is 1. The quantitative estimate of drug-likeness (QED) is 0.888. The van der Waals surface area contributed by atoms with Crippen LogP contribution in [-0.2, 0) is 16.6 Å². The minimum absolute atomic E-state index is 0.0952. The molecule has 1 aromatic rings. The number of nitrogens with zero attached hydrogens (tertiary/aromatic N) is 1. The summed E-state index contributed by atoms with van der Waals surface area (Å²) in [6.45, 7) is 9.59. The zero-order valence-corrected chi connectivity index (χ0v) is 12.7. The molecule has 0 fully saturated rings. The van der Waals surface area contributed by atoms with Crippen molar-refractivity contribution in [2.45, 2.75) is 39.5 Å². The SMILES string of the molecule is Cc1ccc(C(C)(C)C)cc1CCN(C)CC(=O)O. The largest absolute Gasteiger partial charge is 0.480 e. The van der Waals surface area contributed by atoms with Crippen molar-refractivity contribution in [1.82, 2.24) is 4.90 Å². The van der Waals surface area contributed by atoms with Crippen molar-refractivity contribution >= 4 is 5.97 Å². The molecular weight excluding hydrogens is 238 g/mol. The fraction of sp³-hybridized carbons (Fsp3) is 0.562. The Morgan fingerprint density at radius 2 is 1.95 bits per heavy atom. The lowest BCUT2D eigenvalue weighted by molar-refractivity contribution is -0.137. The molecule has 3 heteroatoms. The van der Waals surface area contributed by atoms with Crippen LogP contribution in [0.5, 0.6) is 0 Å². The van der Waals surface area contributed by atoms with Crippen LogP contribution in [0, 0.1) is 6.92 Å². The molecule has 0 aliphatic carbocycles. The Morgan fingerprint density at radius 3 is 2.47 bits per heavy atom. The van der Waals surface area contributed by atoms with Gasteiger partial charge in [-0.05, 0) is 42.5 Å². The van der Waals surface area contributed by atoms with E-state index in [0.29, 0.717) is 0 Å². The van der Waals surface area contributed by atoms with Crippen molar-refractivity contribution in [1.29, 1.82) is 0 Å². The monoisotopic (exact) mass is 263 g/mol. The number of carboxylic acids is 1. The van der Waals surface area contributed by atoms with Gasteiger partial charge in [-0.2, -0.15) is 0 Å². The average molecular weight is 263 g/mol. The normalized spacial score (nSPS) is 11.9. The smallest absolute Gasteiger partial charge is 0.317 e. The van der Waals surface area contributed by atoms with Crippen LogP contribution in [0.4, 0.5) is 0 Å². The number of carbonyl (C=O) groups is 1. The molecule has 0 heterocycles. The van der Waals surface area contributed by atoms with Crippen LogP contribution in [0.25, 0.3) is 0 Å². The van der Waals surface area contributed by atoms with Crippen LogP contribution in [0.15, 0.2) is 18.2 Å². The van der Waals surface area contributed by atoms with Crippen LogP contribution in [0.3, 0.4) is 0 Å². The second kappa shape index (κ2) is 6.20. The number of aryl methyl sites for hydroxylation is 1. The molecule has 1 rings (SSSR count). The van der Waals surface area contributed by atoms with Gasteiger partial charge in [-0.15, -0.1) is 0 Å². The van der Waals surface area contributed by atoms with E-state index in [2.05, 4.69) is 45.9 Å². The molecule has 0 aromatic heterocycles. The van der Waals surface area contributed by atoms with Crippen LogP contribution in [-0.4, -0.2) is 36.1 Å². The van der Waals surface area contributed by atoms with Gasteiger partial charge >= 0.3 is 5.97 Å². The summed E-state index contributed by atoms with van der Waals surface area (Å²) in [7, 11) is 1.84. The van der Waals surface area contributed by atoms with E-state index in [9.17, 15) is 4.79 Å². The van der Waals surface area contributed by atoms with Gasteiger partial charge in [-0.3, -0.25) is 9.69 Å². The third kappa shape index (κ3) is 5.03. The molecule has 0 aliphatic rings. The van der Waals surface area contributed by atoms with Gasteiger partial charge in [0.25, 0.3) is 0 Å². The minimum atomic E-state index is -0.775. The van der Waals surface area contributed by atoms with E-state index in [-0.39, 0.29) is 12.0 Å². The average Bonchev–Trinajstić information content (AvgIpc) is 2.25. The van der Waals surface area contributed by atoms with Crippen LogP contribution < -0.4 is 0 Å². The van der Waals surface area contributed by atoms with E-state index in [1.54, 1.807) is 0 Å². The molecule has 0 atom stereocenters. The maximum absolute atomic E-state index is 10.6. The minimum Gasteiger partial charge on any atom is -0.480 e. The standard InChI is InChI=1S/C16H25NO2/c1-12-6-7-14(16(2,3)4)10-13(12)8-9-17(5)11-15(18)19/h6-7,10H,8-9,11H2,1-5H3,(H,18,19). The third-order valence-electron chi connectivity index (χ3n) is 3.38.